The van der Waals surface area contributed by atoms with Crippen LogP contribution in [0.1, 0.15) is 6.92 Å². The normalized spacial score (nSPS) is 33.8. The lowest BCUT2D eigenvalue weighted by atomic mass is 10.0. The second-order valence-electron chi connectivity index (χ2n) is 9.32. The fourth-order valence-electron chi connectivity index (χ4n) is 2.64. The van der Waals surface area contributed by atoms with Crippen molar-refractivity contribution in [2.45, 2.75) is 96.6 Å². The Labute approximate surface area is 145 Å². The maximum absolute atomic E-state index is 10.5. The molecule has 5 nitrogen and oxygen atoms in total. The minimum Gasteiger partial charge on any atom is -0.409 e. The summed E-state index contributed by atoms with van der Waals surface area (Å²) in [4.78, 5) is 0. The molecule has 1 fully saturated rings. The highest BCUT2D eigenvalue weighted by molar-refractivity contribution is 6.70. The molecular weight excluding hydrogens is 344 g/mol. The Morgan fingerprint density at radius 1 is 0.652 bits per heavy atom. The van der Waals surface area contributed by atoms with Crippen molar-refractivity contribution in [3.05, 3.63) is 0 Å². The van der Waals surface area contributed by atoms with Crippen LogP contribution in [0, 0.1) is 0 Å². The van der Waals surface area contributed by atoms with Crippen LogP contribution in [0.4, 0.5) is 0 Å². The minimum absolute atomic E-state index is 0.210. The number of aliphatic hydroxyl groups is 1. The first kappa shape index (κ1) is 21.5. The van der Waals surface area contributed by atoms with E-state index in [0.717, 1.165) is 0 Å². The van der Waals surface area contributed by atoms with Gasteiger partial charge >= 0.3 is 0 Å². The maximum atomic E-state index is 10.5. The fraction of sp³-hybridized carbons (Fsp3) is 1.00. The molecule has 1 heterocycles. The third-order valence-corrected chi connectivity index (χ3v) is 6.15. The summed E-state index contributed by atoms with van der Waals surface area (Å²) in [7, 11) is -5.48. The molecule has 1 aliphatic rings. The van der Waals surface area contributed by atoms with Gasteiger partial charge in [-0.2, -0.15) is 0 Å². The van der Waals surface area contributed by atoms with E-state index >= 15 is 0 Å². The van der Waals surface area contributed by atoms with E-state index in [4.69, 9.17) is 18.0 Å². The van der Waals surface area contributed by atoms with Gasteiger partial charge in [0.05, 0.1) is 12.2 Å². The lowest BCUT2D eigenvalue weighted by Crippen LogP contribution is -2.64. The van der Waals surface area contributed by atoms with Gasteiger partial charge in [0.15, 0.2) is 31.2 Å². The summed E-state index contributed by atoms with van der Waals surface area (Å²) in [6, 6.07) is 0. The molecular formula is C15H36O5Si3. The molecule has 0 aliphatic carbocycles. The summed E-state index contributed by atoms with van der Waals surface area (Å²) in [5, 5.41) is 10.5. The van der Waals surface area contributed by atoms with Gasteiger partial charge in [0.1, 0.15) is 12.2 Å². The Morgan fingerprint density at radius 2 is 1.00 bits per heavy atom. The fourth-order valence-corrected chi connectivity index (χ4v) is 5.93. The molecule has 138 valence electrons. The monoisotopic (exact) mass is 380 g/mol. The molecule has 0 aromatic heterocycles. The largest absolute Gasteiger partial charge is 0.409 e. The molecule has 0 unspecified atom stereocenters. The van der Waals surface area contributed by atoms with E-state index in [9.17, 15) is 5.11 Å². The van der Waals surface area contributed by atoms with Gasteiger partial charge in [-0.25, -0.2) is 0 Å². The van der Waals surface area contributed by atoms with Crippen molar-refractivity contribution >= 4 is 25.0 Å². The Hall–Kier alpha value is 0.451. The topological polar surface area (TPSA) is 57.2 Å². The first-order valence-electron chi connectivity index (χ1n) is 8.46. The quantitative estimate of drug-likeness (QED) is 0.716. The highest BCUT2D eigenvalue weighted by Crippen LogP contribution is 2.32. The van der Waals surface area contributed by atoms with Crippen LogP contribution in [0.15, 0.2) is 0 Å². The van der Waals surface area contributed by atoms with Crippen LogP contribution >= 0.6 is 0 Å². The highest BCUT2D eigenvalue weighted by atomic mass is 28.4. The van der Waals surface area contributed by atoms with Crippen molar-refractivity contribution < 1.29 is 23.1 Å². The second kappa shape index (κ2) is 7.37. The molecule has 8 heteroatoms. The smallest absolute Gasteiger partial charge is 0.184 e. The Balaban J connectivity index is 3.13. The van der Waals surface area contributed by atoms with E-state index in [1.807, 2.05) is 6.92 Å². The number of hydrogen-bond donors (Lipinski definition) is 1. The van der Waals surface area contributed by atoms with Crippen molar-refractivity contribution in [1.29, 1.82) is 0 Å². The predicted octanol–water partition coefficient (Wildman–Crippen LogP) is 3.38. The average Bonchev–Trinajstić information content (AvgIpc) is 2.25. The van der Waals surface area contributed by atoms with Gasteiger partial charge in [-0.3, -0.25) is 0 Å². The molecule has 1 saturated heterocycles. The molecule has 0 radical (unpaired) electrons. The molecule has 0 saturated carbocycles. The van der Waals surface area contributed by atoms with Gasteiger partial charge in [-0.1, -0.05) is 0 Å². The molecule has 5 atom stereocenters. The van der Waals surface area contributed by atoms with E-state index in [0.29, 0.717) is 0 Å². The molecule has 0 spiro atoms. The zero-order chi connectivity index (χ0) is 18.2. The van der Waals surface area contributed by atoms with Crippen molar-refractivity contribution in [1.82, 2.24) is 0 Å². The molecule has 0 aromatic rings. The molecule has 1 rings (SSSR count). The molecule has 0 aromatic carbocycles. The van der Waals surface area contributed by atoms with Gasteiger partial charge < -0.3 is 23.1 Å². The van der Waals surface area contributed by atoms with Crippen LogP contribution in [-0.4, -0.2) is 60.8 Å². The summed E-state index contributed by atoms with van der Waals surface area (Å²) in [5.41, 5.74) is 0. The van der Waals surface area contributed by atoms with Gasteiger partial charge in [0.2, 0.25) is 0 Å². The second-order valence-corrected chi connectivity index (χ2v) is 22.7. The van der Waals surface area contributed by atoms with Gasteiger partial charge in [0, 0.05) is 0 Å². The maximum Gasteiger partial charge on any atom is 0.184 e. The van der Waals surface area contributed by atoms with Crippen LogP contribution in [0.5, 0.6) is 0 Å². The Morgan fingerprint density at radius 3 is 1.39 bits per heavy atom. The van der Waals surface area contributed by atoms with Crippen molar-refractivity contribution in [3.63, 3.8) is 0 Å². The molecule has 0 bridgehead atoms. The van der Waals surface area contributed by atoms with Crippen molar-refractivity contribution in [3.8, 4) is 0 Å². The number of hydrogen-bond acceptors (Lipinski definition) is 5. The summed E-state index contributed by atoms with van der Waals surface area (Å²) in [6.07, 6.45) is -2.19. The van der Waals surface area contributed by atoms with Crippen molar-refractivity contribution in [2.75, 3.05) is 0 Å². The van der Waals surface area contributed by atoms with Crippen LogP contribution < -0.4 is 0 Å². The standard InChI is InChI=1S/C15H36O5Si3/c1-11-12(18-21(2,3)4)13(19-22(5,6)7)14(15(16)17-11)20-23(8,9)10/h11-16H,1-10H3/t11-,12+,13+,14-,15+/m0/s1. The first-order valence-corrected chi connectivity index (χ1v) is 18.7. The molecule has 1 aliphatic heterocycles. The Kier molecular flexibility index (Phi) is 6.88. The van der Waals surface area contributed by atoms with Gasteiger partial charge in [-0.05, 0) is 65.8 Å². The SMILES string of the molecule is C[C@@H]1O[C@@H](O)[C@@H](O[Si](C)(C)C)[C@H](O[Si](C)(C)C)[C@@H]1O[Si](C)(C)C. The summed E-state index contributed by atoms with van der Waals surface area (Å²) < 4.78 is 24.8. The lowest BCUT2D eigenvalue weighted by molar-refractivity contribution is -0.266. The van der Waals surface area contributed by atoms with Crippen LogP contribution in [-0.2, 0) is 18.0 Å². The van der Waals surface area contributed by atoms with Crippen LogP contribution in [0.25, 0.3) is 0 Å². The molecule has 23 heavy (non-hydrogen) atoms. The Bertz CT molecular complexity index is 358. The summed E-state index contributed by atoms with van der Waals surface area (Å²) >= 11 is 0. The number of ether oxygens (including phenoxy) is 1. The lowest BCUT2D eigenvalue weighted by Gasteiger charge is -2.48. The average molecular weight is 381 g/mol. The van der Waals surface area contributed by atoms with E-state index in [-0.39, 0.29) is 18.3 Å². The molecule has 1 N–H and O–H groups in total. The van der Waals surface area contributed by atoms with E-state index in [2.05, 4.69) is 58.9 Å². The van der Waals surface area contributed by atoms with Crippen LogP contribution in [0.2, 0.25) is 58.9 Å². The number of rotatable bonds is 6. The van der Waals surface area contributed by atoms with Gasteiger partial charge in [-0.15, -0.1) is 0 Å². The summed E-state index contributed by atoms with van der Waals surface area (Å²) in [6.45, 7) is 21.2. The van der Waals surface area contributed by atoms with Gasteiger partial charge in [0.25, 0.3) is 0 Å². The third-order valence-electron chi connectivity index (χ3n) is 3.21. The zero-order valence-electron chi connectivity index (χ0n) is 16.5. The van der Waals surface area contributed by atoms with Crippen molar-refractivity contribution in [2.24, 2.45) is 0 Å². The van der Waals surface area contributed by atoms with E-state index in [1.165, 1.54) is 0 Å². The first-order chi connectivity index (χ1) is 10.1. The van der Waals surface area contributed by atoms with E-state index in [1.54, 1.807) is 0 Å². The van der Waals surface area contributed by atoms with E-state index < -0.39 is 37.3 Å². The molecule has 0 amide bonds. The van der Waals surface area contributed by atoms with Crippen LogP contribution in [0.3, 0.4) is 0 Å². The number of aliphatic hydroxyl groups excluding tert-OH is 1. The minimum atomic E-state index is -1.86. The predicted molar refractivity (Wildman–Crippen MR) is 101 cm³/mol. The summed E-state index contributed by atoms with van der Waals surface area (Å²) in [5.74, 6) is 0. The highest BCUT2D eigenvalue weighted by Gasteiger charge is 2.49. The third kappa shape index (κ3) is 7.47. The zero-order valence-corrected chi connectivity index (χ0v) is 19.5.